The summed E-state index contributed by atoms with van der Waals surface area (Å²) in [5.41, 5.74) is -0.422. The maximum Gasteiger partial charge on any atom is 0.333 e. The van der Waals surface area contributed by atoms with Crippen LogP contribution in [0.2, 0.25) is 0 Å². The van der Waals surface area contributed by atoms with Gasteiger partial charge in [-0.1, -0.05) is 6.58 Å². The van der Waals surface area contributed by atoms with Crippen molar-refractivity contribution in [2.45, 2.75) is 39.2 Å². The summed E-state index contributed by atoms with van der Waals surface area (Å²) < 4.78 is 14.9. The lowest BCUT2D eigenvalue weighted by Gasteiger charge is -2.24. The van der Waals surface area contributed by atoms with Crippen LogP contribution in [0.4, 0.5) is 0 Å². The molecule has 7 nitrogen and oxygen atoms in total. The van der Waals surface area contributed by atoms with Crippen LogP contribution in [0, 0.1) is 0 Å². The Balaban J connectivity index is 3.82. The van der Waals surface area contributed by atoms with Crippen LogP contribution >= 0.6 is 0 Å². The van der Waals surface area contributed by atoms with Crippen LogP contribution in [0.3, 0.4) is 0 Å². The summed E-state index contributed by atoms with van der Waals surface area (Å²) in [5, 5.41) is 2.55. The number of hydrogen-bond acceptors (Lipinski definition) is 6. The third-order valence-corrected chi connectivity index (χ3v) is 2.44. The molecule has 0 bridgehead atoms. The van der Waals surface area contributed by atoms with Gasteiger partial charge in [-0.3, -0.25) is 9.59 Å². The SMILES string of the molecule is C=C(C)C(=O)OCCC(=O)NCCC(=O)OC(C)(C)COC. The van der Waals surface area contributed by atoms with Crippen molar-refractivity contribution in [2.24, 2.45) is 0 Å². The van der Waals surface area contributed by atoms with E-state index < -0.39 is 17.5 Å². The molecule has 22 heavy (non-hydrogen) atoms. The standard InChI is InChI=1S/C15H25NO6/c1-11(2)14(19)21-9-7-12(17)16-8-6-13(18)22-15(3,4)10-20-5/h1,6-10H2,2-5H3,(H,16,17). The predicted molar refractivity (Wildman–Crippen MR) is 80.1 cm³/mol. The Morgan fingerprint density at radius 3 is 2.36 bits per heavy atom. The van der Waals surface area contributed by atoms with Crippen LogP contribution in [0.25, 0.3) is 0 Å². The zero-order valence-corrected chi connectivity index (χ0v) is 13.7. The maximum absolute atomic E-state index is 11.6. The van der Waals surface area contributed by atoms with Crippen molar-refractivity contribution >= 4 is 17.8 Å². The zero-order valence-electron chi connectivity index (χ0n) is 13.7. The van der Waals surface area contributed by atoms with Crippen LogP contribution in [0.15, 0.2) is 12.2 Å². The third kappa shape index (κ3) is 9.93. The summed E-state index contributed by atoms with van der Waals surface area (Å²) in [6.45, 7) is 8.86. The number of methoxy groups -OCH3 is 1. The first-order valence-electron chi connectivity index (χ1n) is 6.98. The molecule has 0 unspecified atom stereocenters. The van der Waals surface area contributed by atoms with Gasteiger partial charge < -0.3 is 19.5 Å². The molecule has 0 aliphatic heterocycles. The van der Waals surface area contributed by atoms with Gasteiger partial charge in [-0.25, -0.2) is 4.79 Å². The molecule has 7 heteroatoms. The van der Waals surface area contributed by atoms with E-state index in [1.165, 1.54) is 14.0 Å². The molecule has 0 aromatic carbocycles. The van der Waals surface area contributed by atoms with Crippen molar-refractivity contribution in [3.8, 4) is 0 Å². The van der Waals surface area contributed by atoms with Gasteiger partial charge in [-0.15, -0.1) is 0 Å². The van der Waals surface area contributed by atoms with E-state index in [9.17, 15) is 14.4 Å². The largest absolute Gasteiger partial charge is 0.462 e. The van der Waals surface area contributed by atoms with Gasteiger partial charge in [0.05, 0.1) is 19.4 Å². The number of rotatable bonds is 10. The fraction of sp³-hybridized carbons (Fsp3) is 0.667. The average molecular weight is 315 g/mol. The summed E-state index contributed by atoms with van der Waals surface area (Å²) in [7, 11) is 1.52. The van der Waals surface area contributed by atoms with Crippen LogP contribution in [0.5, 0.6) is 0 Å². The smallest absolute Gasteiger partial charge is 0.333 e. The first-order chi connectivity index (χ1) is 10.2. The van der Waals surface area contributed by atoms with Crippen molar-refractivity contribution in [2.75, 3.05) is 26.9 Å². The van der Waals surface area contributed by atoms with E-state index in [1.54, 1.807) is 13.8 Å². The molecule has 0 aromatic heterocycles. The predicted octanol–water partition coefficient (Wildman–Crippen LogP) is 0.970. The molecule has 0 rings (SSSR count). The summed E-state index contributed by atoms with van der Waals surface area (Å²) >= 11 is 0. The Kier molecular flexibility index (Phi) is 9.09. The minimum Gasteiger partial charge on any atom is -0.462 e. The van der Waals surface area contributed by atoms with Crippen molar-refractivity contribution in [1.82, 2.24) is 5.32 Å². The minimum atomic E-state index is -0.702. The van der Waals surface area contributed by atoms with E-state index in [2.05, 4.69) is 11.9 Å². The van der Waals surface area contributed by atoms with Crippen molar-refractivity contribution in [1.29, 1.82) is 0 Å². The molecule has 0 aliphatic carbocycles. The van der Waals surface area contributed by atoms with Crippen molar-refractivity contribution in [3.05, 3.63) is 12.2 Å². The quantitative estimate of drug-likeness (QED) is 0.477. The monoisotopic (exact) mass is 315 g/mol. The maximum atomic E-state index is 11.6. The molecule has 0 aliphatic rings. The van der Waals surface area contributed by atoms with Crippen LogP contribution in [-0.2, 0) is 28.6 Å². The second-order valence-electron chi connectivity index (χ2n) is 5.43. The highest BCUT2D eigenvalue weighted by Gasteiger charge is 2.22. The first kappa shape index (κ1) is 20.1. The molecule has 1 amide bonds. The minimum absolute atomic E-state index is 0.0250. The van der Waals surface area contributed by atoms with E-state index in [4.69, 9.17) is 14.2 Å². The normalized spacial score (nSPS) is 10.7. The highest BCUT2D eigenvalue weighted by Crippen LogP contribution is 2.10. The molecule has 1 N–H and O–H groups in total. The summed E-state index contributed by atoms with van der Waals surface area (Å²) in [4.78, 5) is 34.1. The topological polar surface area (TPSA) is 90.9 Å². The second kappa shape index (κ2) is 9.94. The Hall–Kier alpha value is -1.89. The lowest BCUT2D eigenvalue weighted by atomic mass is 10.1. The number of carbonyl (C=O) groups excluding carboxylic acids is 3. The zero-order chi connectivity index (χ0) is 17.2. The molecule has 0 atom stereocenters. The van der Waals surface area contributed by atoms with Gasteiger partial charge >= 0.3 is 11.9 Å². The molecule has 0 radical (unpaired) electrons. The Labute approximate surface area is 131 Å². The highest BCUT2D eigenvalue weighted by molar-refractivity contribution is 5.87. The number of carbonyl (C=O) groups is 3. The van der Waals surface area contributed by atoms with Gasteiger partial charge in [0.15, 0.2) is 0 Å². The van der Waals surface area contributed by atoms with Gasteiger partial charge in [0.25, 0.3) is 0 Å². The molecular weight excluding hydrogens is 290 g/mol. The number of ether oxygens (including phenoxy) is 3. The van der Waals surface area contributed by atoms with Crippen molar-refractivity contribution in [3.63, 3.8) is 0 Å². The highest BCUT2D eigenvalue weighted by atomic mass is 16.6. The Bertz CT molecular complexity index is 416. The molecular formula is C15H25NO6. The molecule has 0 heterocycles. The lowest BCUT2D eigenvalue weighted by Crippen LogP contribution is -2.34. The number of nitrogens with one attached hydrogen (secondary N) is 1. The summed E-state index contributed by atoms with van der Waals surface area (Å²) in [6.07, 6.45) is 0.0909. The molecule has 0 aromatic rings. The number of esters is 2. The fourth-order valence-corrected chi connectivity index (χ4v) is 1.49. The van der Waals surface area contributed by atoms with Gasteiger partial charge in [0.2, 0.25) is 5.91 Å². The second-order valence-corrected chi connectivity index (χ2v) is 5.43. The van der Waals surface area contributed by atoms with E-state index in [-0.39, 0.29) is 37.5 Å². The van der Waals surface area contributed by atoms with Crippen LogP contribution in [0.1, 0.15) is 33.6 Å². The van der Waals surface area contributed by atoms with Crippen molar-refractivity contribution < 1.29 is 28.6 Å². The molecule has 0 fully saturated rings. The average Bonchev–Trinajstić information content (AvgIpc) is 2.37. The Morgan fingerprint density at radius 2 is 1.82 bits per heavy atom. The van der Waals surface area contributed by atoms with E-state index >= 15 is 0 Å². The molecule has 126 valence electrons. The van der Waals surface area contributed by atoms with Crippen LogP contribution < -0.4 is 5.32 Å². The first-order valence-corrected chi connectivity index (χ1v) is 6.98. The van der Waals surface area contributed by atoms with Gasteiger partial charge in [-0.05, 0) is 20.8 Å². The van der Waals surface area contributed by atoms with E-state index in [1.807, 2.05) is 0 Å². The lowest BCUT2D eigenvalue weighted by molar-refractivity contribution is -0.160. The van der Waals surface area contributed by atoms with Gasteiger partial charge in [0.1, 0.15) is 12.2 Å². The van der Waals surface area contributed by atoms with E-state index in [0.29, 0.717) is 6.61 Å². The van der Waals surface area contributed by atoms with Gasteiger partial charge in [0, 0.05) is 19.2 Å². The summed E-state index contributed by atoms with van der Waals surface area (Å²) in [5.74, 6) is -1.26. The number of hydrogen-bond donors (Lipinski definition) is 1. The van der Waals surface area contributed by atoms with E-state index in [0.717, 1.165) is 0 Å². The number of amides is 1. The molecule has 0 saturated carbocycles. The fourth-order valence-electron chi connectivity index (χ4n) is 1.49. The molecule has 0 spiro atoms. The van der Waals surface area contributed by atoms with Gasteiger partial charge in [-0.2, -0.15) is 0 Å². The summed E-state index contributed by atoms with van der Waals surface area (Å²) in [6, 6.07) is 0. The molecule has 0 saturated heterocycles. The Morgan fingerprint density at radius 1 is 1.18 bits per heavy atom. The third-order valence-electron chi connectivity index (χ3n) is 2.44. The van der Waals surface area contributed by atoms with Crippen LogP contribution in [-0.4, -0.2) is 50.3 Å².